The summed E-state index contributed by atoms with van der Waals surface area (Å²) in [6.45, 7) is 24.9. The Kier molecular flexibility index (Phi) is 6.24. The van der Waals surface area contributed by atoms with Crippen molar-refractivity contribution in [2.24, 2.45) is 5.92 Å². The van der Waals surface area contributed by atoms with Gasteiger partial charge in [-0.25, -0.2) is 0 Å². The average Bonchev–Trinajstić information content (AvgIpc) is 3.04. The van der Waals surface area contributed by atoms with E-state index in [1.54, 1.807) is 0 Å². The molecule has 1 fully saturated rings. The highest BCUT2D eigenvalue weighted by Crippen LogP contribution is 2.78. The molecule has 0 amide bonds. The van der Waals surface area contributed by atoms with Crippen LogP contribution in [0.1, 0.15) is 67.7 Å². The number of hydrogen-bond acceptors (Lipinski definition) is 1. The SMILES string of the molecule is CCC[C@@H](O)[C@@H]1C[C@]1([Si](C)(C)C)[Si](C(C)C)(C(C)C)C(C)C. The van der Waals surface area contributed by atoms with Crippen molar-refractivity contribution in [1.82, 2.24) is 0 Å². The van der Waals surface area contributed by atoms with Crippen LogP contribution >= 0.6 is 0 Å². The fourth-order valence-electron chi connectivity index (χ4n) is 6.80. The summed E-state index contributed by atoms with van der Waals surface area (Å²) in [5, 5.41) is 10.8. The van der Waals surface area contributed by atoms with Crippen molar-refractivity contribution in [3.8, 4) is 0 Å². The third-order valence-electron chi connectivity index (χ3n) is 7.04. The Bertz CT molecular complexity index is 348. The van der Waals surface area contributed by atoms with Gasteiger partial charge in [0.25, 0.3) is 0 Å². The Morgan fingerprint density at radius 1 is 0.955 bits per heavy atom. The first-order valence-electron chi connectivity index (χ1n) is 9.59. The molecule has 1 saturated carbocycles. The van der Waals surface area contributed by atoms with Crippen molar-refractivity contribution < 1.29 is 5.11 Å². The second-order valence-electron chi connectivity index (χ2n) is 9.79. The van der Waals surface area contributed by atoms with Gasteiger partial charge in [0.1, 0.15) is 0 Å². The van der Waals surface area contributed by atoms with Gasteiger partial charge in [-0.1, -0.05) is 91.2 Å². The third-order valence-corrected chi connectivity index (χ3v) is 21.7. The summed E-state index contributed by atoms with van der Waals surface area (Å²) in [5.41, 5.74) is 2.41. The molecule has 0 bridgehead atoms. The molecule has 22 heavy (non-hydrogen) atoms. The normalized spacial score (nSPS) is 27.8. The van der Waals surface area contributed by atoms with E-state index in [0.29, 0.717) is 10.6 Å². The van der Waals surface area contributed by atoms with Gasteiger partial charge >= 0.3 is 0 Å². The molecule has 1 nitrogen and oxygen atoms in total. The zero-order valence-electron chi connectivity index (χ0n) is 17.0. The van der Waals surface area contributed by atoms with Gasteiger partial charge in [0.15, 0.2) is 0 Å². The van der Waals surface area contributed by atoms with Crippen LogP contribution in [0.3, 0.4) is 0 Å². The molecule has 0 radical (unpaired) electrons. The molecule has 0 saturated heterocycles. The van der Waals surface area contributed by atoms with Gasteiger partial charge in [0.05, 0.1) is 14.2 Å². The highest BCUT2D eigenvalue weighted by Gasteiger charge is 2.75. The lowest BCUT2D eigenvalue weighted by molar-refractivity contribution is 0.138. The van der Waals surface area contributed by atoms with Crippen molar-refractivity contribution in [1.29, 1.82) is 0 Å². The maximum absolute atomic E-state index is 10.8. The molecule has 132 valence electrons. The summed E-state index contributed by atoms with van der Waals surface area (Å²) in [7, 11) is -2.88. The van der Waals surface area contributed by atoms with Crippen LogP contribution in [0.15, 0.2) is 0 Å². The first-order valence-corrected chi connectivity index (χ1v) is 15.3. The predicted molar refractivity (Wildman–Crippen MR) is 106 cm³/mol. The standard InChI is InChI=1S/C19H42OSi2/c1-11-12-18(20)17-13-19(17,21(8,9)10)22(14(2)3,15(4)5)16(6)7/h14-18,20H,11-13H2,1-10H3/t17-,18+,19-/m0/s1. The van der Waals surface area contributed by atoms with E-state index in [2.05, 4.69) is 68.1 Å². The smallest absolute Gasteiger partial charge is 0.0652 e. The van der Waals surface area contributed by atoms with Crippen LogP contribution in [0.5, 0.6) is 0 Å². The fourth-order valence-corrected chi connectivity index (χ4v) is 25.2. The third kappa shape index (κ3) is 2.79. The van der Waals surface area contributed by atoms with E-state index in [4.69, 9.17) is 0 Å². The van der Waals surface area contributed by atoms with E-state index in [1.807, 2.05) is 0 Å². The molecule has 0 aliphatic heterocycles. The van der Waals surface area contributed by atoms with Gasteiger partial charge < -0.3 is 5.11 Å². The molecular formula is C19H42OSi2. The molecule has 0 spiro atoms. The minimum absolute atomic E-state index is 0.0557. The van der Waals surface area contributed by atoms with Crippen molar-refractivity contribution in [2.45, 2.75) is 115 Å². The van der Waals surface area contributed by atoms with E-state index in [0.717, 1.165) is 29.5 Å². The highest BCUT2D eigenvalue weighted by atomic mass is 28.4. The minimum atomic E-state index is -1.53. The van der Waals surface area contributed by atoms with Gasteiger partial charge in [-0.15, -0.1) is 0 Å². The molecule has 0 aromatic heterocycles. The van der Waals surface area contributed by atoms with E-state index < -0.39 is 16.1 Å². The Hall–Kier alpha value is 0.394. The Balaban J connectivity index is 3.45. The molecule has 3 heteroatoms. The van der Waals surface area contributed by atoms with Gasteiger partial charge in [0, 0.05) is 8.07 Å². The molecule has 1 aliphatic rings. The summed E-state index contributed by atoms with van der Waals surface area (Å²) < 4.78 is 0.533. The average molecular weight is 343 g/mol. The lowest BCUT2D eigenvalue weighted by Crippen LogP contribution is -2.59. The monoisotopic (exact) mass is 342 g/mol. The van der Waals surface area contributed by atoms with Crippen LogP contribution in [0.2, 0.25) is 40.9 Å². The summed E-state index contributed by atoms with van der Waals surface area (Å²) in [6.07, 6.45) is 3.37. The second-order valence-corrected chi connectivity index (χ2v) is 21.9. The Morgan fingerprint density at radius 2 is 1.36 bits per heavy atom. The Labute approximate surface area is 142 Å². The largest absolute Gasteiger partial charge is 0.393 e. The van der Waals surface area contributed by atoms with Crippen molar-refractivity contribution in [3.63, 3.8) is 0 Å². The number of rotatable bonds is 8. The molecule has 0 aromatic rings. The van der Waals surface area contributed by atoms with Gasteiger partial charge in [0.2, 0.25) is 0 Å². The van der Waals surface area contributed by atoms with Crippen molar-refractivity contribution >= 4 is 16.1 Å². The number of hydrogen-bond donors (Lipinski definition) is 1. The molecule has 1 aliphatic carbocycles. The Morgan fingerprint density at radius 3 is 1.64 bits per heavy atom. The minimum Gasteiger partial charge on any atom is -0.393 e. The summed E-state index contributed by atoms with van der Waals surface area (Å²) in [6, 6.07) is 0. The van der Waals surface area contributed by atoms with Crippen molar-refractivity contribution in [3.05, 3.63) is 0 Å². The quantitative estimate of drug-likeness (QED) is 0.501. The van der Waals surface area contributed by atoms with E-state index >= 15 is 0 Å². The topological polar surface area (TPSA) is 20.2 Å². The molecule has 0 aromatic carbocycles. The van der Waals surface area contributed by atoms with Crippen LogP contribution in [0.4, 0.5) is 0 Å². The van der Waals surface area contributed by atoms with Gasteiger partial charge in [-0.2, -0.15) is 0 Å². The molecular weight excluding hydrogens is 300 g/mol. The van der Waals surface area contributed by atoms with E-state index in [1.165, 1.54) is 6.42 Å². The van der Waals surface area contributed by atoms with Crippen LogP contribution < -0.4 is 0 Å². The van der Waals surface area contributed by atoms with Crippen LogP contribution in [0.25, 0.3) is 0 Å². The van der Waals surface area contributed by atoms with Gasteiger partial charge in [-0.05, 0) is 23.4 Å². The first kappa shape index (κ1) is 20.4. The van der Waals surface area contributed by atoms with E-state index in [-0.39, 0.29) is 6.10 Å². The molecule has 1 N–H and O–H groups in total. The second kappa shape index (κ2) is 6.72. The highest BCUT2D eigenvalue weighted by molar-refractivity contribution is 7.03. The lowest BCUT2D eigenvalue weighted by Gasteiger charge is -2.55. The summed E-state index contributed by atoms with van der Waals surface area (Å²) >= 11 is 0. The zero-order valence-corrected chi connectivity index (χ0v) is 19.0. The van der Waals surface area contributed by atoms with Crippen LogP contribution in [-0.4, -0.2) is 27.4 Å². The zero-order chi connectivity index (χ0) is 17.5. The molecule has 1 rings (SSSR count). The lowest BCUT2D eigenvalue weighted by atomic mass is 10.1. The van der Waals surface area contributed by atoms with Crippen LogP contribution in [-0.2, 0) is 0 Å². The summed E-state index contributed by atoms with van der Waals surface area (Å²) in [4.78, 5) is 0. The predicted octanol–water partition coefficient (Wildman–Crippen LogP) is 6.46. The molecule has 3 atom stereocenters. The summed E-state index contributed by atoms with van der Waals surface area (Å²) in [5.74, 6) is 0.595. The fraction of sp³-hybridized carbons (Fsp3) is 1.00. The first-order chi connectivity index (χ1) is 9.91. The molecule has 0 unspecified atom stereocenters. The molecule has 0 heterocycles. The van der Waals surface area contributed by atoms with Crippen LogP contribution in [0, 0.1) is 5.92 Å². The van der Waals surface area contributed by atoms with Crippen molar-refractivity contribution in [2.75, 3.05) is 0 Å². The number of aliphatic hydroxyl groups is 1. The maximum Gasteiger partial charge on any atom is 0.0652 e. The van der Waals surface area contributed by atoms with Gasteiger partial charge in [-0.3, -0.25) is 0 Å². The maximum atomic E-state index is 10.8. The van der Waals surface area contributed by atoms with E-state index in [9.17, 15) is 5.11 Å². The number of aliphatic hydroxyl groups excluding tert-OH is 1.